The summed E-state index contributed by atoms with van der Waals surface area (Å²) >= 11 is 0. The van der Waals surface area contributed by atoms with Crippen LogP contribution in [-0.2, 0) is 4.79 Å². The van der Waals surface area contributed by atoms with Crippen molar-refractivity contribution in [2.24, 2.45) is 0 Å². The van der Waals surface area contributed by atoms with Crippen molar-refractivity contribution >= 4 is 5.78 Å². The third-order valence-corrected chi connectivity index (χ3v) is 3.34. The molecule has 1 aromatic rings. The van der Waals surface area contributed by atoms with E-state index < -0.39 is 0 Å². The van der Waals surface area contributed by atoms with Crippen LogP contribution in [0.1, 0.15) is 49.8 Å². The quantitative estimate of drug-likeness (QED) is 0.781. The molecule has 0 aliphatic carbocycles. The second kappa shape index (κ2) is 10.4. The lowest BCUT2D eigenvalue weighted by Crippen LogP contribution is -2.23. The SMILES string of the molecule is CCCCNCC(=O)CC.Cc1cc(O)cc(C)c1C. The summed E-state index contributed by atoms with van der Waals surface area (Å²) in [5.41, 5.74) is 3.56. The van der Waals surface area contributed by atoms with Gasteiger partial charge < -0.3 is 10.4 Å². The van der Waals surface area contributed by atoms with Crippen molar-refractivity contribution in [3.05, 3.63) is 28.8 Å². The first kappa shape index (κ1) is 18.7. The molecule has 0 saturated carbocycles. The Labute approximate surface area is 123 Å². The number of hydrogen-bond acceptors (Lipinski definition) is 3. The highest BCUT2D eigenvalue weighted by Crippen LogP contribution is 2.18. The molecule has 0 radical (unpaired) electrons. The normalized spacial score (nSPS) is 9.85. The van der Waals surface area contributed by atoms with E-state index in [0.29, 0.717) is 24.5 Å². The second-order valence-corrected chi connectivity index (χ2v) is 5.13. The summed E-state index contributed by atoms with van der Waals surface area (Å²) in [5, 5.41) is 12.2. The Balaban J connectivity index is 0.000000361. The van der Waals surface area contributed by atoms with Gasteiger partial charge in [0.25, 0.3) is 0 Å². The number of ketones is 1. The predicted octanol–water partition coefficient (Wildman–Crippen LogP) is 3.67. The van der Waals surface area contributed by atoms with Crippen LogP contribution in [-0.4, -0.2) is 24.0 Å². The molecule has 20 heavy (non-hydrogen) atoms. The van der Waals surface area contributed by atoms with E-state index in [1.165, 1.54) is 12.0 Å². The van der Waals surface area contributed by atoms with E-state index in [2.05, 4.69) is 19.2 Å². The summed E-state index contributed by atoms with van der Waals surface area (Å²) < 4.78 is 0. The van der Waals surface area contributed by atoms with Crippen LogP contribution < -0.4 is 5.32 Å². The fourth-order valence-corrected chi connectivity index (χ4v) is 1.67. The lowest BCUT2D eigenvalue weighted by molar-refractivity contribution is -0.117. The number of aromatic hydroxyl groups is 1. The molecule has 0 bridgehead atoms. The molecule has 0 unspecified atom stereocenters. The molecule has 0 aliphatic heterocycles. The number of phenols is 1. The van der Waals surface area contributed by atoms with Crippen molar-refractivity contribution in [1.82, 2.24) is 5.32 Å². The molecule has 0 fully saturated rings. The van der Waals surface area contributed by atoms with Gasteiger partial charge in [-0.25, -0.2) is 0 Å². The molecule has 1 rings (SSSR count). The van der Waals surface area contributed by atoms with Crippen LogP contribution >= 0.6 is 0 Å². The molecule has 2 N–H and O–H groups in total. The van der Waals surface area contributed by atoms with Gasteiger partial charge in [0.15, 0.2) is 0 Å². The highest BCUT2D eigenvalue weighted by Gasteiger charge is 1.97. The molecule has 0 amide bonds. The molecule has 114 valence electrons. The third-order valence-electron chi connectivity index (χ3n) is 3.34. The van der Waals surface area contributed by atoms with E-state index in [1.54, 1.807) is 12.1 Å². The van der Waals surface area contributed by atoms with Crippen molar-refractivity contribution in [2.45, 2.75) is 53.9 Å². The van der Waals surface area contributed by atoms with Crippen LogP contribution in [0, 0.1) is 20.8 Å². The third kappa shape index (κ3) is 7.95. The minimum absolute atomic E-state index is 0.302. The summed E-state index contributed by atoms with van der Waals surface area (Å²) in [6.45, 7) is 11.6. The summed E-state index contributed by atoms with van der Waals surface area (Å²) in [7, 11) is 0. The van der Waals surface area contributed by atoms with Gasteiger partial charge in [-0.3, -0.25) is 4.79 Å². The zero-order valence-electron chi connectivity index (χ0n) is 13.5. The summed E-state index contributed by atoms with van der Waals surface area (Å²) in [6, 6.07) is 3.56. The molecular weight excluding hydrogens is 250 g/mol. The van der Waals surface area contributed by atoms with Crippen molar-refractivity contribution in [3.8, 4) is 5.75 Å². The Morgan fingerprint density at radius 3 is 2.15 bits per heavy atom. The van der Waals surface area contributed by atoms with Gasteiger partial charge in [0.1, 0.15) is 11.5 Å². The highest BCUT2D eigenvalue weighted by atomic mass is 16.3. The Morgan fingerprint density at radius 1 is 1.15 bits per heavy atom. The van der Waals surface area contributed by atoms with Gasteiger partial charge in [-0.05, 0) is 62.6 Å². The maximum Gasteiger partial charge on any atom is 0.146 e. The fraction of sp³-hybridized carbons (Fsp3) is 0.588. The average Bonchev–Trinajstić information content (AvgIpc) is 2.41. The molecule has 0 saturated heterocycles. The molecule has 0 aliphatic rings. The summed E-state index contributed by atoms with van der Waals surface area (Å²) in [4.78, 5) is 10.7. The first-order valence-corrected chi connectivity index (χ1v) is 7.41. The lowest BCUT2D eigenvalue weighted by atomic mass is 10.0. The fourth-order valence-electron chi connectivity index (χ4n) is 1.67. The van der Waals surface area contributed by atoms with E-state index in [9.17, 15) is 4.79 Å². The summed E-state index contributed by atoms with van der Waals surface area (Å²) in [6.07, 6.45) is 3.00. The van der Waals surface area contributed by atoms with E-state index >= 15 is 0 Å². The highest BCUT2D eigenvalue weighted by molar-refractivity contribution is 5.80. The maximum absolute atomic E-state index is 10.7. The van der Waals surface area contributed by atoms with Gasteiger partial charge in [-0.15, -0.1) is 0 Å². The van der Waals surface area contributed by atoms with E-state index in [-0.39, 0.29) is 0 Å². The van der Waals surface area contributed by atoms with E-state index in [0.717, 1.165) is 24.1 Å². The first-order chi connectivity index (χ1) is 9.42. The van der Waals surface area contributed by atoms with Crippen molar-refractivity contribution < 1.29 is 9.90 Å². The molecule has 0 heterocycles. The van der Waals surface area contributed by atoms with Crippen LogP contribution in [0.15, 0.2) is 12.1 Å². The van der Waals surface area contributed by atoms with Gasteiger partial charge >= 0.3 is 0 Å². The van der Waals surface area contributed by atoms with Crippen molar-refractivity contribution in [2.75, 3.05) is 13.1 Å². The van der Waals surface area contributed by atoms with Gasteiger partial charge in [0, 0.05) is 6.42 Å². The monoisotopic (exact) mass is 279 g/mol. The molecule has 0 aromatic heterocycles. The minimum Gasteiger partial charge on any atom is -0.508 e. The molecule has 3 heteroatoms. The van der Waals surface area contributed by atoms with Crippen LogP contribution in [0.4, 0.5) is 0 Å². The first-order valence-electron chi connectivity index (χ1n) is 7.41. The largest absolute Gasteiger partial charge is 0.508 e. The standard InChI is InChI=1S/C9H12O.C8H17NO/c1-6-4-9(10)5-7(2)8(6)3;1-3-5-6-9-7-8(10)4-2/h4-5,10H,1-3H3;9H,3-7H2,1-2H3. The van der Waals surface area contributed by atoms with Gasteiger partial charge in [0.2, 0.25) is 0 Å². The van der Waals surface area contributed by atoms with Gasteiger partial charge in [0.05, 0.1) is 6.54 Å². The number of nitrogens with one attached hydrogen (secondary N) is 1. The lowest BCUT2D eigenvalue weighted by Gasteiger charge is -2.03. The Kier molecular flexibility index (Phi) is 9.73. The molecule has 0 atom stereocenters. The van der Waals surface area contributed by atoms with Gasteiger partial charge in [-0.1, -0.05) is 20.3 Å². The number of Topliss-reactive ketones (excluding diaryl/α,β-unsaturated/α-hetero) is 1. The second-order valence-electron chi connectivity index (χ2n) is 5.13. The summed E-state index contributed by atoms with van der Waals surface area (Å²) in [5.74, 6) is 0.664. The molecule has 0 spiro atoms. The number of unbranched alkanes of at least 4 members (excludes halogenated alkanes) is 1. The number of phenolic OH excluding ortho intramolecular Hbond substituents is 1. The zero-order valence-corrected chi connectivity index (χ0v) is 13.5. The molecule has 3 nitrogen and oxygen atoms in total. The maximum atomic E-state index is 10.7. The minimum atomic E-state index is 0.302. The Bertz CT molecular complexity index is 390. The number of aryl methyl sites for hydroxylation is 2. The Hall–Kier alpha value is -1.35. The zero-order chi connectivity index (χ0) is 15.5. The van der Waals surface area contributed by atoms with Crippen LogP contribution in [0.2, 0.25) is 0 Å². The predicted molar refractivity (Wildman–Crippen MR) is 85.4 cm³/mol. The van der Waals surface area contributed by atoms with Crippen LogP contribution in [0.3, 0.4) is 0 Å². The van der Waals surface area contributed by atoms with Crippen LogP contribution in [0.5, 0.6) is 5.75 Å². The topological polar surface area (TPSA) is 49.3 Å². The number of carbonyl (C=O) groups excluding carboxylic acids is 1. The van der Waals surface area contributed by atoms with Crippen molar-refractivity contribution in [1.29, 1.82) is 0 Å². The van der Waals surface area contributed by atoms with Gasteiger partial charge in [-0.2, -0.15) is 0 Å². The van der Waals surface area contributed by atoms with E-state index in [4.69, 9.17) is 5.11 Å². The number of benzene rings is 1. The number of rotatable bonds is 6. The smallest absolute Gasteiger partial charge is 0.146 e. The average molecular weight is 279 g/mol. The Morgan fingerprint density at radius 2 is 1.70 bits per heavy atom. The van der Waals surface area contributed by atoms with Crippen LogP contribution in [0.25, 0.3) is 0 Å². The number of hydrogen-bond donors (Lipinski definition) is 2. The molecular formula is C17H29NO2. The van der Waals surface area contributed by atoms with Crippen molar-refractivity contribution in [3.63, 3.8) is 0 Å². The van der Waals surface area contributed by atoms with E-state index in [1.807, 2.05) is 20.8 Å². The molecule has 1 aromatic carbocycles. The number of carbonyl (C=O) groups is 1.